The normalized spacial score (nSPS) is 17.8. The van der Waals surface area contributed by atoms with E-state index in [9.17, 15) is 0 Å². The van der Waals surface area contributed by atoms with E-state index in [0.717, 1.165) is 5.92 Å². The molecular formula is C15H32N2. The molecule has 1 heterocycles. The van der Waals surface area contributed by atoms with E-state index in [1.807, 2.05) is 0 Å². The Morgan fingerprint density at radius 2 is 1.65 bits per heavy atom. The van der Waals surface area contributed by atoms with Gasteiger partial charge in [0.05, 0.1) is 0 Å². The molecule has 1 aliphatic rings. The minimum absolute atomic E-state index is 0.786. The van der Waals surface area contributed by atoms with Crippen LogP contribution in [0.2, 0.25) is 0 Å². The smallest absolute Gasteiger partial charge is 0.00187 e. The number of nitrogens with one attached hydrogen (secondary N) is 1. The van der Waals surface area contributed by atoms with Crippen LogP contribution in [0.25, 0.3) is 0 Å². The number of hydrogen-bond acceptors (Lipinski definition) is 2. The van der Waals surface area contributed by atoms with Crippen molar-refractivity contribution in [1.82, 2.24) is 10.2 Å². The zero-order valence-corrected chi connectivity index (χ0v) is 12.0. The highest BCUT2D eigenvalue weighted by Gasteiger charge is 2.08. The van der Waals surface area contributed by atoms with Crippen LogP contribution in [-0.4, -0.2) is 37.6 Å². The molecule has 0 aliphatic carbocycles. The van der Waals surface area contributed by atoms with E-state index in [4.69, 9.17) is 0 Å². The van der Waals surface area contributed by atoms with E-state index in [-0.39, 0.29) is 0 Å². The molecule has 2 nitrogen and oxygen atoms in total. The molecule has 0 saturated carbocycles. The number of unbranched alkanes of at least 4 members (excludes halogenated alkanes) is 3. The summed E-state index contributed by atoms with van der Waals surface area (Å²) in [6.07, 6.45) is 9.89. The maximum Gasteiger partial charge on any atom is -0.00187 e. The van der Waals surface area contributed by atoms with Crippen molar-refractivity contribution >= 4 is 0 Å². The largest absolute Gasteiger partial charge is 0.316 e. The van der Waals surface area contributed by atoms with Crippen molar-refractivity contribution in [3.8, 4) is 0 Å². The third-order valence-electron chi connectivity index (χ3n) is 3.58. The summed E-state index contributed by atoms with van der Waals surface area (Å²) in [7, 11) is 0. The zero-order chi connectivity index (χ0) is 12.3. The van der Waals surface area contributed by atoms with Gasteiger partial charge in [-0.15, -0.1) is 0 Å². The van der Waals surface area contributed by atoms with Crippen molar-refractivity contribution in [2.45, 2.75) is 58.8 Å². The molecule has 102 valence electrons. The Labute approximate surface area is 108 Å². The topological polar surface area (TPSA) is 15.3 Å². The van der Waals surface area contributed by atoms with Crippen molar-refractivity contribution < 1.29 is 0 Å². The van der Waals surface area contributed by atoms with Crippen molar-refractivity contribution in [3.63, 3.8) is 0 Å². The van der Waals surface area contributed by atoms with E-state index in [2.05, 4.69) is 24.1 Å². The first-order chi connectivity index (χ1) is 8.29. The maximum absolute atomic E-state index is 3.51. The number of nitrogens with zero attached hydrogens (tertiary/aromatic N) is 1. The monoisotopic (exact) mass is 240 g/mol. The van der Waals surface area contributed by atoms with Gasteiger partial charge in [0, 0.05) is 0 Å². The summed E-state index contributed by atoms with van der Waals surface area (Å²) >= 11 is 0. The second kappa shape index (κ2) is 9.90. The van der Waals surface area contributed by atoms with Crippen LogP contribution in [0.1, 0.15) is 58.8 Å². The summed E-state index contributed by atoms with van der Waals surface area (Å²) in [6, 6.07) is 0. The predicted octanol–water partition coefficient (Wildman–Crippen LogP) is 3.28. The van der Waals surface area contributed by atoms with Gasteiger partial charge in [0.1, 0.15) is 0 Å². The molecule has 17 heavy (non-hydrogen) atoms. The first kappa shape index (κ1) is 15.0. The molecule has 0 aromatic carbocycles. The minimum atomic E-state index is 0.786. The molecule has 1 N–H and O–H groups in total. The fourth-order valence-electron chi connectivity index (χ4n) is 2.51. The molecule has 0 spiro atoms. The molecule has 0 aromatic heterocycles. The summed E-state index contributed by atoms with van der Waals surface area (Å²) < 4.78 is 0. The van der Waals surface area contributed by atoms with E-state index in [1.54, 1.807) is 0 Å². The second-order valence-electron chi connectivity index (χ2n) is 5.91. The molecule has 0 aromatic rings. The molecule has 2 heteroatoms. The molecule has 0 atom stereocenters. The summed E-state index contributed by atoms with van der Waals surface area (Å²) in [6.45, 7) is 11.0. The van der Waals surface area contributed by atoms with Crippen LogP contribution in [0.15, 0.2) is 0 Å². The van der Waals surface area contributed by atoms with Crippen LogP contribution in [0, 0.1) is 5.92 Å². The van der Waals surface area contributed by atoms with Gasteiger partial charge in [-0.05, 0) is 64.3 Å². The highest BCUT2D eigenvalue weighted by molar-refractivity contribution is 4.64. The van der Waals surface area contributed by atoms with Gasteiger partial charge >= 0.3 is 0 Å². The molecule has 1 saturated heterocycles. The second-order valence-corrected chi connectivity index (χ2v) is 5.91. The molecule has 0 radical (unpaired) electrons. The highest BCUT2D eigenvalue weighted by atomic mass is 15.1. The third kappa shape index (κ3) is 8.62. The lowest BCUT2D eigenvalue weighted by molar-refractivity contribution is 0.224. The standard InChI is InChI=1S/C15H32N2/c1-15(2)14-16-10-6-3-4-7-11-17-12-8-5-9-13-17/h15-16H,3-14H2,1-2H3. The van der Waals surface area contributed by atoms with Crippen LogP contribution in [0.4, 0.5) is 0 Å². The van der Waals surface area contributed by atoms with Crippen LogP contribution < -0.4 is 5.32 Å². The van der Waals surface area contributed by atoms with E-state index in [1.165, 1.54) is 77.7 Å². The lowest BCUT2D eigenvalue weighted by atomic mass is 10.1. The van der Waals surface area contributed by atoms with Crippen molar-refractivity contribution in [2.24, 2.45) is 5.92 Å². The van der Waals surface area contributed by atoms with Crippen molar-refractivity contribution in [1.29, 1.82) is 0 Å². The molecule has 0 bridgehead atoms. The Kier molecular flexibility index (Phi) is 8.72. The van der Waals surface area contributed by atoms with Crippen molar-refractivity contribution in [2.75, 3.05) is 32.7 Å². The summed E-state index contributed by atoms with van der Waals surface area (Å²) in [4.78, 5) is 2.65. The Bertz CT molecular complexity index is 162. The molecule has 1 aliphatic heterocycles. The van der Waals surface area contributed by atoms with Gasteiger partial charge in [-0.3, -0.25) is 0 Å². The number of hydrogen-bond donors (Lipinski definition) is 1. The number of piperidine rings is 1. The fraction of sp³-hybridized carbons (Fsp3) is 1.00. The molecular weight excluding hydrogens is 208 g/mol. The van der Waals surface area contributed by atoms with Crippen LogP contribution in [-0.2, 0) is 0 Å². The van der Waals surface area contributed by atoms with Crippen molar-refractivity contribution in [3.05, 3.63) is 0 Å². The predicted molar refractivity (Wildman–Crippen MR) is 76.5 cm³/mol. The maximum atomic E-state index is 3.51. The van der Waals surface area contributed by atoms with Gasteiger partial charge < -0.3 is 10.2 Å². The Morgan fingerprint density at radius 1 is 0.941 bits per heavy atom. The van der Waals surface area contributed by atoms with Gasteiger partial charge in [0.15, 0.2) is 0 Å². The molecule has 0 amide bonds. The SMILES string of the molecule is CC(C)CNCCCCCCN1CCCCC1. The average Bonchev–Trinajstić information content (AvgIpc) is 2.33. The molecule has 1 rings (SSSR count). The van der Waals surface area contributed by atoms with Gasteiger partial charge in [-0.2, -0.15) is 0 Å². The summed E-state index contributed by atoms with van der Waals surface area (Å²) in [5, 5.41) is 3.51. The lowest BCUT2D eigenvalue weighted by Crippen LogP contribution is -2.30. The summed E-state index contributed by atoms with van der Waals surface area (Å²) in [5.74, 6) is 0.786. The van der Waals surface area contributed by atoms with Gasteiger partial charge in [-0.25, -0.2) is 0 Å². The van der Waals surface area contributed by atoms with Crippen LogP contribution >= 0.6 is 0 Å². The van der Waals surface area contributed by atoms with Crippen LogP contribution in [0.5, 0.6) is 0 Å². The van der Waals surface area contributed by atoms with Gasteiger partial charge in [-0.1, -0.05) is 33.1 Å². The lowest BCUT2D eigenvalue weighted by Gasteiger charge is -2.26. The Morgan fingerprint density at radius 3 is 2.35 bits per heavy atom. The van der Waals surface area contributed by atoms with Gasteiger partial charge in [0.25, 0.3) is 0 Å². The number of rotatable bonds is 9. The van der Waals surface area contributed by atoms with E-state index < -0.39 is 0 Å². The fourth-order valence-corrected chi connectivity index (χ4v) is 2.51. The van der Waals surface area contributed by atoms with E-state index in [0.29, 0.717) is 0 Å². The first-order valence-corrected chi connectivity index (χ1v) is 7.72. The van der Waals surface area contributed by atoms with Gasteiger partial charge in [0.2, 0.25) is 0 Å². The van der Waals surface area contributed by atoms with E-state index >= 15 is 0 Å². The van der Waals surface area contributed by atoms with Crippen LogP contribution in [0.3, 0.4) is 0 Å². The summed E-state index contributed by atoms with van der Waals surface area (Å²) in [5.41, 5.74) is 0. The third-order valence-corrected chi connectivity index (χ3v) is 3.58. The minimum Gasteiger partial charge on any atom is -0.316 e. The quantitative estimate of drug-likeness (QED) is 0.622. The highest BCUT2D eigenvalue weighted by Crippen LogP contribution is 2.10. The first-order valence-electron chi connectivity index (χ1n) is 7.72. The average molecular weight is 240 g/mol. The molecule has 0 unspecified atom stereocenters. The number of likely N-dealkylation sites (tertiary alicyclic amines) is 1. The zero-order valence-electron chi connectivity index (χ0n) is 12.0. The Balaban J connectivity index is 1.78. The Hall–Kier alpha value is -0.0800. The molecule has 1 fully saturated rings.